The van der Waals surface area contributed by atoms with Gasteiger partial charge in [0.2, 0.25) is 5.91 Å². The summed E-state index contributed by atoms with van der Waals surface area (Å²) in [5, 5.41) is 9.40. The van der Waals surface area contributed by atoms with Crippen LogP contribution >= 0.6 is 0 Å². The Morgan fingerprint density at radius 3 is 2.26 bits per heavy atom. The SMILES string of the molecule is C[C@@H](c1ccc(-c2ccc(F)cc2F)cc1)N1CCC(CCCO)(c2ccc(F)cc2)CC1=O. The molecule has 1 fully saturated rings. The highest BCUT2D eigenvalue weighted by Crippen LogP contribution is 2.42. The number of halogens is 3. The first-order valence-corrected chi connectivity index (χ1v) is 11.5. The van der Waals surface area contributed by atoms with E-state index in [9.17, 15) is 23.1 Å². The number of hydrogen-bond acceptors (Lipinski definition) is 2. The summed E-state index contributed by atoms with van der Waals surface area (Å²) < 4.78 is 40.8. The van der Waals surface area contributed by atoms with Gasteiger partial charge < -0.3 is 10.0 Å². The molecule has 1 N–H and O–H groups in total. The second-order valence-electron chi connectivity index (χ2n) is 9.05. The summed E-state index contributed by atoms with van der Waals surface area (Å²) in [7, 11) is 0. The number of nitrogens with zero attached hydrogens (tertiary/aromatic N) is 1. The van der Waals surface area contributed by atoms with Crippen molar-refractivity contribution in [2.45, 2.75) is 44.1 Å². The van der Waals surface area contributed by atoms with E-state index in [0.717, 1.165) is 17.2 Å². The van der Waals surface area contributed by atoms with Gasteiger partial charge in [-0.15, -0.1) is 0 Å². The van der Waals surface area contributed by atoms with Crippen LogP contribution in [0.1, 0.15) is 49.8 Å². The molecule has 4 rings (SSSR count). The maximum atomic E-state index is 14.1. The fourth-order valence-corrected chi connectivity index (χ4v) is 5.02. The molecule has 1 aliphatic rings. The lowest BCUT2D eigenvalue weighted by atomic mass is 9.69. The Kier molecular flexibility index (Phi) is 7.08. The van der Waals surface area contributed by atoms with Gasteiger partial charge in [-0.2, -0.15) is 0 Å². The van der Waals surface area contributed by atoms with Crippen molar-refractivity contribution in [3.05, 3.63) is 95.3 Å². The quantitative estimate of drug-likeness (QED) is 0.452. The third-order valence-electron chi connectivity index (χ3n) is 7.01. The number of piperidine rings is 1. The number of hydrogen-bond donors (Lipinski definition) is 1. The molecule has 1 amide bonds. The second kappa shape index (κ2) is 10.0. The third kappa shape index (κ3) is 4.87. The second-order valence-corrected chi connectivity index (χ2v) is 9.05. The van der Waals surface area contributed by atoms with E-state index in [-0.39, 0.29) is 24.4 Å². The topological polar surface area (TPSA) is 40.5 Å². The van der Waals surface area contributed by atoms with Gasteiger partial charge in [0, 0.05) is 36.6 Å². The lowest BCUT2D eigenvalue weighted by Crippen LogP contribution is -2.47. The normalized spacial score (nSPS) is 19.3. The Balaban J connectivity index is 1.52. The number of rotatable bonds is 7. The van der Waals surface area contributed by atoms with Crippen molar-refractivity contribution in [3.63, 3.8) is 0 Å². The molecule has 0 bridgehead atoms. The first-order valence-electron chi connectivity index (χ1n) is 11.5. The van der Waals surface area contributed by atoms with Crippen LogP contribution in [0.2, 0.25) is 0 Å². The molecular formula is C28H28F3NO2. The summed E-state index contributed by atoms with van der Waals surface area (Å²) in [5.41, 5.74) is 2.38. The third-order valence-corrected chi connectivity index (χ3v) is 7.01. The van der Waals surface area contributed by atoms with Crippen LogP contribution in [0.4, 0.5) is 13.2 Å². The van der Waals surface area contributed by atoms with E-state index in [0.29, 0.717) is 43.4 Å². The summed E-state index contributed by atoms with van der Waals surface area (Å²) in [6.07, 6.45) is 2.23. The van der Waals surface area contributed by atoms with Crippen molar-refractivity contribution >= 4 is 5.91 Å². The number of aliphatic hydroxyl groups excluding tert-OH is 1. The van der Waals surface area contributed by atoms with E-state index in [1.165, 1.54) is 24.3 Å². The van der Waals surface area contributed by atoms with Crippen molar-refractivity contribution in [3.8, 4) is 11.1 Å². The molecule has 34 heavy (non-hydrogen) atoms. The standard InChI is InChI=1S/C28H28F3NO2/c1-19(20-3-5-21(6-4-20)25-12-11-24(30)17-26(25)31)32-15-14-28(13-2-16-33,18-27(32)34)22-7-9-23(29)10-8-22/h3-12,17,19,33H,2,13-16,18H2,1H3/t19-,28?/m0/s1. The minimum atomic E-state index is -0.620. The number of amides is 1. The van der Waals surface area contributed by atoms with E-state index in [1.807, 2.05) is 24.0 Å². The van der Waals surface area contributed by atoms with E-state index in [4.69, 9.17) is 0 Å². The van der Waals surface area contributed by atoms with Crippen LogP contribution in [0.5, 0.6) is 0 Å². The molecule has 178 valence electrons. The predicted molar refractivity (Wildman–Crippen MR) is 126 cm³/mol. The zero-order valence-corrected chi connectivity index (χ0v) is 19.1. The molecule has 2 atom stereocenters. The van der Waals surface area contributed by atoms with Crippen LogP contribution in [0.3, 0.4) is 0 Å². The maximum Gasteiger partial charge on any atom is 0.223 e. The van der Waals surface area contributed by atoms with E-state index in [1.54, 1.807) is 24.3 Å². The molecule has 3 aromatic carbocycles. The zero-order chi connectivity index (χ0) is 24.3. The molecule has 0 aromatic heterocycles. The highest BCUT2D eigenvalue weighted by molar-refractivity contribution is 5.79. The minimum Gasteiger partial charge on any atom is -0.396 e. The van der Waals surface area contributed by atoms with Gasteiger partial charge >= 0.3 is 0 Å². The van der Waals surface area contributed by atoms with Crippen molar-refractivity contribution in [2.24, 2.45) is 0 Å². The fourth-order valence-electron chi connectivity index (χ4n) is 5.02. The Morgan fingerprint density at radius 1 is 0.971 bits per heavy atom. The molecule has 1 unspecified atom stereocenters. The smallest absolute Gasteiger partial charge is 0.223 e. The van der Waals surface area contributed by atoms with Crippen LogP contribution in [0, 0.1) is 17.5 Å². The molecule has 6 heteroatoms. The number of carbonyl (C=O) groups excluding carboxylic acids is 1. The summed E-state index contributed by atoms with van der Waals surface area (Å²) in [4.78, 5) is 15.1. The van der Waals surface area contributed by atoms with Gasteiger partial charge in [-0.25, -0.2) is 13.2 Å². The molecule has 1 heterocycles. The molecular weight excluding hydrogens is 439 g/mol. The molecule has 1 saturated heterocycles. The Hall–Kier alpha value is -3.12. The van der Waals surface area contributed by atoms with E-state index in [2.05, 4.69) is 0 Å². The van der Waals surface area contributed by atoms with Gasteiger partial charge in [-0.3, -0.25) is 4.79 Å². The average Bonchev–Trinajstić information content (AvgIpc) is 2.83. The van der Waals surface area contributed by atoms with Crippen molar-refractivity contribution < 1.29 is 23.1 Å². The molecule has 3 aromatic rings. The lowest BCUT2D eigenvalue weighted by Gasteiger charge is -2.44. The molecule has 0 radical (unpaired) electrons. The minimum absolute atomic E-state index is 0.00895. The molecule has 0 spiro atoms. The zero-order valence-electron chi connectivity index (χ0n) is 19.1. The predicted octanol–water partition coefficient (Wildman–Crippen LogP) is 6.16. The number of aliphatic hydroxyl groups is 1. The van der Waals surface area contributed by atoms with Gasteiger partial charge in [0.25, 0.3) is 0 Å². The van der Waals surface area contributed by atoms with Gasteiger partial charge in [0.05, 0.1) is 6.04 Å². The van der Waals surface area contributed by atoms with Crippen molar-refractivity contribution in [2.75, 3.05) is 13.2 Å². The van der Waals surface area contributed by atoms with Crippen LogP contribution < -0.4 is 0 Å². The summed E-state index contributed by atoms with van der Waals surface area (Å²) in [6, 6.07) is 16.9. The first kappa shape index (κ1) is 24.0. The van der Waals surface area contributed by atoms with E-state index >= 15 is 0 Å². The van der Waals surface area contributed by atoms with Crippen LogP contribution in [0.25, 0.3) is 11.1 Å². The Labute approximate surface area is 197 Å². The molecule has 1 aliphatic heterocycles. The van der Waals surface area contributed by atoms with Crippen LogP contribution in [-0.4, -0.2) is 29.1 Å². The highest BCUT2D eigenvalue weighted by Gasteiger charge is 2.41. The molecule has 0 saturated carbocycles. The lowest BCUT2D eigenvalue weighted by molar-refractivity contribution is -0.138. The van der Waals surface area contributed by atoms with Gasteiger partial charge in [-0.1, -0.05) is 36.4 Å². The Bertz CT molecular complexity index is 1150. The average molecular weight is 468 g/mol. The highest BCUT2D eigenvalue weighted by atomic mass is 19.1. The molecule has 3 nitrogen and oxygen atoms in total. The van der Waals surface area contributed by atoms with Crippen LogP contribution in [-0.2, 0) is 10.2 Å². The molecule has 0 aliphatic carbocycles. The summed E-state index contributed by atoms with van der Waals surface area (Å²) in [5.74, 6) is -1.55. The van der Waals surface area contributed by atoms with Crippen LogP contribution in [0.15, 0.2) is 66.7 Å². The number of likely N-dealkylation sites (tertiary alicyclic amines) is 1. The summed E-state index contributed by atoms with van der Waals surface area (Å²) >= 11 is 0. The van der Waals surface area contributed by atoms with Gasteiger partial charge in [-0.05, 0) is 67.1 Å². The summed E-state index contributed by atoms with van der Waals surface area (Å²) in [6.45, 7) is 2.54. The van der Waals surface area contributed by atoms with Crippen molar-refractivity contribution in [1.82, 2.24) is 4.90 Å². The van der Waals surface area contributed by atoms with Gasteiger partial charge in [0.15, 0.2) is 0 Å². The maximum absolute atomic E-state index is 14.1. The fraction of sp³-hybridized carbons (Fsp3) is 0.321. The number of carbonyl (C=O) groups is 1. The van der Waals surface area contributed by atoms with E-state index < -0.39 is 17.0 Å². The monoisotopic (exact) mass is 467 g/mol. The largest absolute Gasteiger partial charge is 0.396 e. The van der Waals surface area contributed by atoms with Gasteiger partial charge in [0.1, 0.15) is 17.5 Å². The number of benzene rings is 3. The Morgan fingerprint density at radius 2 is 1.65 bits per heavy atom. The first-order chi connectivity index (χ1) is 16.3. The van der Waals surface area contributed by atoms with Crippen molar-refractivity contribution in [1.29, 1.82) is 0 Å².